The highest BCUT2D eigenvalue weighted by Gasteiger charge is 2.19. The molecule has 0 unspecified atom stereocenters. The van der Waals surface area contributed by atoms with Gasteiger partial charge in [-0.05, 0) is 30.5 Å². The highest BCUT2D eigenvalue weighted by molar-refractivity contribution is 7.21. The van der Waals surface area contributed by atoms with Gasteiger partial charge in [0.25, 0.3) is 5.91 Å². The van der Waals surface area contributed by atoms with Crippen LogP contribution in [0, 0.1) is 0 Å². The van der Waals surface area contributed by atoms with Gasteiger partial charge in [0.15, 0.2) is 0 Å². The smallest absolute Gasteiger partial charge is 0.264 e. The number of hydrogen-bond acceptors (Lipinski definition) is 4. The Bertz CT molecular complexity index is 871. The maximum Gasteiger partial charge on any atom is 0.264 e. The number of nitrogens with two attached hydrogens (primary N) is 1. The van der Waals surface area contributed by atoms with Crippen LogP contribution in [0.1, 0.15) is 53.7 Å². The van der Waals surface area contributed by atoms with Crippen molar-refractivity contribution in [3.8, 4) is 0 Å². The van der Waals surface area contributed by atoms with Crippen LogP contribution in [-0.2, 0) is 0 Å². The molecule has 0 aliphatic heterocycles. The molecule has 1 aromatic carbocycles. The van der Waals surface area contributed by atoms with Crippen molar-refractivity contribution in [1.29, 1.82) is 0 Å². The van der Waals surface area contributed by atoms with Crippen molar-refractivity contribution < 1.29 is 4.79 Å². The fourth-order valence-corrected chi connectivity index (χ4v) is 3.59. The van der Waals surface area contributed by atoms with E-state index in [2.05, 4.69) is 24.1 Å². The van der Waals surface area contributed by atoms with Crippen molar-refractivity contribution in [3.05, 3.63) is 58.6 Å². The Labute approximate surface area is 145 Å². The molecule has 0 aliphatic carbocycles. The van der Waals surface area contributed by atoms with Crippen LogP contribution in [0.5, 0.6) is 0 Å². The second-order valence-corrected chi connectivity index (χ2v) is 7.19. The van der Waals surface area contributed by atoms with Crippen molar-refractivity contribution >= 4 is 33.1 Å². The summed E-state index contributed by atoms with van der Waals surface area (Å²) in [4.78, 5) is 18.6. The molecular weight excluding hydrogens is 318 g/mol. The summed E-state index contributed by atoms with van der Waals surface area (Å²) in [7, 11) is 0. The minimum atomic E-state index is -0.155. The van der Waals surface area contributed by atoms with E-state index in [1.54, 1.807) is 0 Å². The highest BCUT2D eigenvalue weighted by atomic mass is 32.1. The number of fused-ring (bicyclic) bond motifs is 1. The number of aromatic nitrogens is 1. The molecule has 3 N–H and O–H groups in total. The zero-order valence-electron chi connectivity index (χ0n) is 14.0. The van der Waals surface area contributed by atoms with Crippen LogP contribution < -0.4 is 11.1 Å². The fourth-order valence-electron chi connectivity index (χ4n) is 2.59. The quantitative estimate of drug-likeness (QED) is 0.736. The maximum atomic E-state index is 12.6. The van der Waals surface area contributed by atoms with Crippen LogP contribution in [0.2, 0.25) is 0 Å². The number of thiophene rings is 1. The molecule has 2 heterocycles. The first-order valence-corrected chi connectivity index (χ1v) is 8.83. The molecule has 3 rings (SSSR count). The first kappa shape index (κ1) is 16.5. The number of hydrogen-bond donors (Lipinski definition) is 2. The number of carbonyl (C=O) groups excluding carboxylic acids is 1. The summed E-state index contributed by atoms with van der Waals surface area (Å²) in [6.07, 6.45) is 0. The lowest BCUT2D eigenvalue weighted by molar-refractivity contribution is 0.0945. The van der Waals surface area contributed by atoms with E-state index in [-0.39, 0.29) is 11.9 Å². The number of benzene rings is 1. The number of nitrogens with one attached hydrogen (secondary N) is 1. The van der Waals surface area contributed by atoms with Crippen LogP contribution in [0.3, 0.4) is 0 Å². The monoisotopic (exact) mass is 339 g/mol. The van der Waals surface area contributed by atoms with E-state index >= 15 is 0 Å². The van der Waals surface area contributed by atoms with Gasteiger partial charge in [0.2, 0.25) is 0 Å². The van der Waals surface area contributed by atoms with E-state index in [0.717, 1.165) is 21.5 Å². The minimum Gasteiger partial charge on any atom is -0.397 e. The summed E-state index contributed by atoms with van der Waals surface area (Å²) < 4.78 is 0. The van der Waals surface area contributed by atoms with Crippen LogP contribution in [0.25, 0.3) is 10.2 Å². The molecule has 24 heavy (non-hydrogen) atoms. The summed E-state index contributed by atoms with van der Waals surface area (Å²) in [5.41, 5.74) is 8.77. The number of nitrogens with zero attached hydrogens (tertiary/aromatic N) is 1. The number of anilines is 1. The van der Waals surface area contributed by atoms with E-state index in [9.17, 15) is 4.79 Å². The van der Waals surface area contributed by atoms with E-state index in [4.69, 9.17) is 5.73 Å². The highest BCUT2D eigenvalue weighted by Crippen LogP contribution is 2.33. The van der Waals surface area contributed by atoms with Crippen molar-refractivity contribution in [1.82, 2.24) is 10.3 Å². The van der Waals surface area contributed by atoms with Gasteiger partial charge in [-0.2, -0.15) is 0 Å². The Kier molecular flexibility index (Phi) is 4.53. The third kappa shape index (κ3) is 3.12. The number of pyridine rings is 1. The van der Waals surface area contributed by atoms with Gasteiger partial charge in [0.1, 0.15) is 9.71 Å². The summed E-state index contributed by atoms with van der Waals surface area (Å²) in [5.74, 6) is 0.186. The molecule has 1 amide bonds. The summed E-state index contributed by atoms with van der Waals surface area (Å²) >= 11 is 1.35. The molecule has 0 radical (unpaired) electrons. The molecule has 0 saturated carbocycles. The van der Waals surface area contributed by atoms with E-state index in [1.165, 1.54) is 11.3 Å². The molecule has 0 fully saturated rings. The molecule has 0 saturated heterocycles. The van der Waals surface area contributed by atoms with Gasteiger partial charge in [-0.15, -0.1) is 11.3 Å². The molecule has 4 nitrogen and oxygen atoms in total. The second kappa shape index (κ2) is 6.61. The van der Waals surface area contributed by atoms with Gasteiger partial charge in [-0.3, -0.25) is 4.79 Å². The molecular formula is C19H21N3OS. The number of nitrogen functional groups attached to an aromatic ring is 1. The zero-order chi connectivity index (χ0) is 17.3. The van der Waals surface area contributed by atoms with Gasteiger partial charge in [-0.25, -0.2) is 4.98 Å². The normalized spacial score (nSPS) is 12.5. The SMILES string of the molecule is CC(C)c1ccc2c(N)c(C(=O)N[C@@H](C)c3ccccc3)sc2n1. The molecule has 0 spiro atoms. The lowest BCUT2D eigenvalue weighted by Crippen LogP contribution is -2.26. The molecule has 1 atom stereocenters. The Morgan fingerprint density at radius 3 is 2.50 bits per heavy atom. The van der Waals surface area contributed by atoms with Gasteiger partial charge >= 0.3 is 0 Å². The number of rotatable bonds is 4. The minimum absolute atomic E-state index is 0.0810. The van der Waals surface area contributed by atoms with Gasteiger partial charge < -0.3 is 11.1 Å². The molecule has 3 aromatic rings. The lowest BCUT2D eigenvalue weighted by atomic mass is 10.1. The maximum absolute atomic E-state index is 12.6. The second-order valence-electron chi connectivity index (χ2n) is 6.19. The average molecular weight is 339 g/mol. The van der Waals surface area contributed by atoms with E-state index < -0.39 is 0 Å². The largest absolute Gasteiger partial charge is 0.397 e. The van der Waals surface area contributed by atoms with Crippen molar-refractivity contribution in [3.63, 3.8) is 0 Å². The Morgan fingerprint density at radius 2 is 1.83 bits per heavy atom. The van der Waals surface area contributed by atoms with Crippen LogP contribution in [0.4, 0.5) is 5.69 Å². The molecule has 2 aromatic heterocycles. The Hall–Kier alpha value is -2.40. The predicted molar refractivity (Wildman–Crippen MR) is 100 cm³/mol. The summed E-state index contributed by atoms with van der Waals surface area (Å²) in [6, 6.07) is 13.7. The van der Waals surface area contributed by atoms with Gasteiger partial charge in [0.05, 0.1) is 11.7 Å². The zero-order valence-corrected chi connectivity index (χ0v) is 14.9. The molecule has 5 heteroatoms. The summed E-state index contributed by atoms with van der Waals surface area (Å²) in [5, 5.41) is 3.86. The fraction of sp³-hybridized carbons (Fsp3) is 0.263. The van der Waals surface area contributed by atoms with Gasteiger partial charge in [0, 0.05) is 11.1 Å². The van der Waals surface area contributed by atoms with Crippen LogP contribution in [-0.4, -0.2) is 10.9 Å². The standard InChI is InChI=1S/C19H21N3OS/c1-11(2)15-10-9-14-16(20)17(24-19(14)22-15)18(23)21-12(3)13-7-5-4-6-8-13/h4-12H,20H2,1-3H3,(H,21,23)/t12-/m0/s1. The van der Waals surface area contributed by atoms with Crippen LogP contribution >= 0.6 is 11.3 Å². The van der Waals surface area contributed by atoms with Gasteiger partial charge in [-0.1, -0.05) is 44.2 Å². The van der Waals surface area contributed by atoms with Crippen molar-refractivity contribution in [2.75, 3.05) is 5.73 Å². The van der Waals surface area contributed by atoms with Crippen molar-refractivity contribution in [2.45, 2.75) is 32.7 Å². The van der Waals surface area contributed by atoms with E-state index in [1.807, 2.05) is 49.4 Å². The predicted octanol–water partition coefficient (Wildman–Crippen LogP) is 4.49. The number of carbonyl (C=O) groups is 1. The van der Waals surface area contributed by atoms with E-state index in [0.29, 0.717) is 16.5 Å². The molecule has 124 valence electrons. The van der Waals surface area contributed by atoms with Crippen LogP contribution in [0.15, 0.2) is 42.5 Å². The third-order valence-corrected chi connectivity index (χ3v) is 5.17. The third-order valence-electron chi connectivity index (χ3n) is 4.06. The first-order chi connectivity index (χ1) is 11.5. The Morgan fingerprint density at radius 1 is 1.12 bits per heavy atom. The topological polar surface area (TPSA) is 68.0 Å². The average Bonchev–Trinajstić information content (AvgIpc) is 2.92. The Balaban J connectivity index is 1.88. The van der Waals surface area contributed by atoms with Crippen molar-refractivity contribution in [2.24, 2.45) is 0 Å². The number of amides is 1. The molecule has 0 bridgehead atoms. The first-order valence-electron chi connectivity index (χ1n) is 8.02. The molecule has 0 aliphatic rings. The lowest BCUT2D eigenvalue weighted by Gasteiger charge is -2.13. The summed E-state index contributed by atoms with van der Waals surface area (Å²) in [6.45, 7) is 6.16.